The van der Waals surface area contributed by atoms with Crippen LogP contribution in [0.1, 0.15) is 5.56 Å². The highest BCUT2D eigenvalue weighted by atomic mass is 16.7. The first-order chi connectivity index (χ1) is 10.5. The Morgan fingerprint density at radius 2 is 2.00 bits per heavy atom. The van der Waals surface area contributed by atoms with Crippen LogP contribution in [0.5, 0.6) is 11.5 Å². The van der Waals surface area contributed by atoms with Crippen molar-refractivity contribution < 1.29 is 24.2 Å². The zero-order valence-electron chi connectivity index (χ0n) is 12.8. The van der Waals surface area contributed by atoms with E-state index < -0.39 is 22.7 Å². The fourth-order valence-corrected chi connectivity index (χ4v) is 2.54. The van der Waals surface area contributed by atoms with E-state index in [1.807, 2.05) is 4.90 Å². The van der Waals surface area contributed by atoms with Gasteiger partial charge in [-0.3, -0.25) is 10.1 Å². The Bertz CT molecular complexity index is 624. The Morgan fingerprint density at radius 1 is 1.36 bits per heavy atom. The van der Waals surface area contributed by atoms with Crippen LogP contribution in [0.2, 0.25) is 0 Å². The number of benzene rings is 1. The molecule has 1 N–H and O–H groups in total. The van der Waals surface area contributed by atoms with Crippen LogP contribution < -0.4 is 9.64 Å². The Kier molecular flexibility index (Phi) is 4.53. The number of fused-ring (bicyclic) bond motifs is 1. The highest BCUT2D eigenvalue weighted by molar-refractivity contribution is 5.90. The molecule has 0 saturated carbocycles. The third-order valence-electron chi connectivity index (χ3n) is 3.59. The van der Waals surface area contributed by atoms with E-state index in [-0.39, 0.29) is 11.3 Å². The summed E-state index contributed by atoms with van der Waals surface area (Å²) in [5, 5.41) is 21.6. The lowest BCUT2D eigenvalue weighted by Gasteiger charge is -2.30. The van der Waals surface area contributed by atoms with Crippen molar-refractivity contribution in [3.63, 3.8) is 0 Å². The maximum Gasteiger partial charge on any atom is 0.324 e. The minimum absolute atomic E-state index is 0.0462. The standard InChI is InChI=1S/C14H18N2O6/c1-15-6-5-8(14(21-3)22-4)11-9(15)7-10(20-2)13(17)12(11)16(18)19/h5,7,14,17H,6H2,1-4H3. The van der Waals surface area contributed by atoms with Crippen LogP contribution in [0.4, 0.5) is 11.4 Å². The van der Waals surface area contributed by atoms with Crippen LogP contribution in [-0.2, 0) is 9.47 Å². The molecule has 0 radical (unpaired) electrons. The van der Waals surface area contributed by atoms with E-state index in [4.69, 9.17) is 14.2 Å². The van der Waals surface area contributed by atoms with Gasteiger partial charge in [-0.05, 0) is 0 Å². The Hall–Kier alpha value is -2.32. The van der Waals surface area contributed by atoms with Crippen molar-refractivity contribution in [2.75, 3.05) is 39.8 Å². The predicted molar refractivity (Wildman–Crippen MR) is 80.4 cm³/mol. The number of nitro groups is 1. The predicted octanol–water partition coefficient (Wildman–Crippen LogP) is 1.76. The topological polar surface area (TPSA) is 94.3 Å². The second-order valence-electron chi connectivity index (χ2n) is 4.77. The Morgan fingerprint density at radius 3 is 2.50 bits per heavy atom. The molecule has 1 heterocycles. The van der Waals surface area contributed by atoms with E-state index in [0.29, 0.717) is 17.8 Å². The molecule has 0 unspecified atom stereocenters. The van der Waals surface area contributed by atoms with E-state index in [1.165, 1.54) is 21.3 Å². The van der Waals surface area contributed by atoms with Crippen molar-refractivity contribution in [1.29, 1.82) is 0 Å². The molecule has 1 aliphatic heterocycles. The van der Waals surface area contributed by atoms with Gasteiger partial charge in [-0.2, -0.15) is 0 Å². The summed E-state index contributed by atoms with van der Waals surface area (Å²) in [6, 6.07) is 1.56. The molecule has 22 heavy (non-hydrogen) atoms. The van der Waals surface area contributed by atoms with Crippen molar-refractivity contribution in [1.82, 2.24) is 0 Å². The summed E-state index contributed by atoms with van der Waals surface area (Å²) in [6.07, 6.45) is 1.01. The Balaban J connectivity index is 2.78. The molecule has 1 aromatic carbocycles. The number of nitrogens with zero attached hydrogens (tertiary/aromatic N) is 2. The number of aromatic hydroxyl groups is 1. The molecule has 0 spiro atoms. The quantitative estimate of drug-likeness (QED) is 0.503. The number of hydrogen-bond acceptors (Lipinski definition) is 7. The summed E-state index contributed by atoms with van der Waals surface area (Å²) in [7, 11) is 6.03. The molecule has 0 aliphatic carbocycles. The van der Waals surface area contributed by atoms with Gasteiger partial charge in [0.05, 0.1) is 23.3 Å². The fourth-order valence-electron chi connectivity index (χ4n) is 2.54. The summed E-state index contributed by atoms with van der Waals surface area (Å²) in [6.45, 7) is 0.524. The largest absolute Gasteiger partial charge is 0.499 e. The van der Waals surface area contributed by atoms with Gasteiger partial charge in [0.1, 0.15) is 0 Å². The highest BCUT2D eigenvalue weighted by Gasteiger charge is 2.35. The molecular weight excluding hydrogens is 292 g/mol. The molecule has 0 atom stereocenters. The monoisotopic (exact) mass is 310 g/mol. The van der Waals surface area contributed by atoms with Gasteiger partial charge < -0.3 is 24.2 Å². The summed E-state index contributed by atoms with van der Waals surface area (Å²) in [5.41, 5.74) is 0.915. The normalized spacial score (nSPS) is 13.9. The zero-order chi connectivity index (χ0) is 16.4. The van der Waals surface area contributed by atoms with Gasteiger partial charge in [-0.25, -0.2) is 0 Å². The lowest BCUT2D eigenvalue weighted by molar-refractivity contribution is -0.386. The summed E-state index contributed by atoms with van der Waals surface area (Å²) in [4.78, 5) is 12.7. The van der Waals surface area contributed by atoms with E-state index in [2.05, 4.69) is 0 Å². The number of hydrogen-bond donors (Lipinski definition) is 1. The number of phenols is 1. The number of phenolic OH excluding ortho intramolecular Hbond substituents is 1. The van der Waals surface area contributed by atoms with E-state index >= 15 is 0 Å². The molecule has 0 amide bonds. The first-order valence-electron chi connectivity index (χ1n) is 6.51. The number of anilines is 1. The molecule has 0 fully saturated rings. The molecule has 0 aromatic heterocycles. The fraction of sp³-hybridized carbons (Fsp3) is 0.429. The smallest absolute Gasteiger partial charge is 0.324 e. The SMILES string of the molecule is COc1cc2c(c([N+](=O)[O-])c1O)C(C(OC)OC)=CCN2C. The minimum atomic E-state index is -0.765. The van der Waals surface area contributed by atoms with Crippen LogP contribution in [0.25, 0.3) is 5.57 Å². The van der Waals surface area contributed by atoms with Crippen LogP contribution in [-0.4, -0.2) is 51.2 Å². The van der Waals surface area contributed by atoms with Crippen LogP contribution in [0, 0.1) is 10.1 Å². The van der Waals surface area contributed by atoms with Gasteiger partial charge in [0.15, 0.2) is 12.0 Å². The third kappa shape index (κ3) is 2.46. The average molecular weight is 310 g/mol. The molecule has 1 aliphatic rings. The lowest BCUT2D eigenvalue weighted by atomic mass is 9.95. The van der Waals surface area contributed by atoms with E-state index in [9.17, 15) is 15.2 Å². The van der Waals surface area contributed by atoms with Crippen molar-refractivity contribution >= 4 is 16.9 Å². The van der Waals surface area contributed by atoms with Gasteiger partial charge in [-0.15, -0.1) is 0 Å². The number of likely N-dealkylation sites (N-methyl/N-ethyl adjacent to an activating group) is 1. The van der Waals surface area contributed by atoms with Gasteiger partial charge in [0.25, 0.3) is 0 Å². The Labute approximate surface area is 127 Å². The second kappa shape index (κ2) is 6.20. The maximum atomic E-state index is 11.5. The van der Waals surface area contributed by atoms with Gasteiger partial charge in [0.2, 0.25) is 5.75 Å². The number of rotatable bonds is 5. The van der Waals surface area contributed by atoms with Gasteiger partial charge in [0, 0.05) is 39.5 Å². The molecule has 0 saturated heterocycles. The molecule has 2 rings (SSSR count). The van der Waals surface area contributed by atoms with Crippen LogP contribution >= 0.6 is 0 Å². The molecule has 1 aromatic rings. The number of nitro benzene ring substituents is 1. The molecule has 8 heteroatoms. The van der Waals surface area contributed by atoms with Crippen LogP contribution in [0.3, 0.4) is 0 Å². The molecule has 8 nitrogen and oxygen atoms in total. The van der Waals surface area contributed by atoms with E-state index in [1.54, 1.807) is 19.2 Å². The van der Waals surface area contributed by atoms with Gasteiger partial charge in [-0.1, -0.05) is 6.08 Å². The average Bonchev–Trinajstić information content (AvgIpc) is 2.49. The third-order valence-corrected chi connectivity index (χ3v) is 3.59. The molecular formula is C14H18N2O6. The van der Waals surface area contributed by atoms with Crippen molar-refractivity contribution in [3.05, 3.63) is 27.8 Å². The minimum Gasteiger partial charge on any atom is -0.499 e. The summed E-state index contributed by atoms with van der Waals surface area (Å²) in [5.74, 6) is -0.469. The summed E-state index contributed by atoms with van der Waals surface area (Å²) < 4.78 is 15.5. The van der Waals surface area contributed by atoms with Crippen molar-refractivity contribution in [3.8, 4) is 11.5 Å². The summed E-state index contributed by atoms with van der Waals surface area (Å²) >= 11 is 0. The maximum absolute atomic E-state index is 11.5. The number of methoxy groups -OCH3 is 3. The van der Waals surface area contributed by atoms with Crippen LogP contribution in [0.15, 0.2) is 12.1 Å². The number of ether oxygens (including phenoxy) is 3. The lowest BCUT2D eigenvalue weighted by Crippen LogP contribution is -2.27. The first-order valence-corrected chi connectivity index (χ1v) is 6.51. The van der Waals surface area contributed by atoms with Crippen molar-refractivity contribution in [2.24, 2.45) is 0 Å². The van der Waals surface area contributed by atoms with E-state index in [0.717, 1.165) is 0 Å². The zero-order valence-corrected chi connectivity index (χ0v) is 12.8. The molecule has 0 bridgehead atoms. The first kappa shape index (κ1) is 16.1. The van der Waals surface area contributed by atoms with Crippen molar-refractivity contribution in [2.45, 2.75) is 6.29 Å². The molecule has 120 valence electrons. The van der Waals surface area contributed by atoms with Gasteiger partial charge >= 0.3 is 5.69 Å². The highest BCUT2D eigenvalue weighted by Crippen LogP contribution is 2.49. The second-order valence-corrected chi connectivity index (χ2v) is 4.77.